The average molecular weight is 246 g/mol. The molecule has 1 heterocycles. The first kappa shape index (κ1) is 12.0. The number of alkyl halides is 1. The van der Waals surface area contributed by atoms with Crippen molar-refractivity contribution in [1.29, 1.82) is 0 Å². The fraction of sp³-hybridized carbons (Fsp3) is 0.200. The maximum Gasteiger partial charge on any atom is 0.356 e. The van der Waals surface area contributed by atoms with Crippen LogP contribution in [-0.4, -0.2) is 21.9 Å². The molecule has 0 bridgehead atoms. The Labute approximate surface area is 97.3 Å². The van der Waals surface area contributed by atoms with Crippen LogP contribution in [0, 0.1) is 0 Å². The number of carbonyl (C=O) groups is 1. The van der Waals surface area contributed by atoms with Crippen molar-refractivity contribution in [1.82, 2.24) is 4.98 Å². The molecular formula is C10H9Cl2NO2. The lowest BCUT2D eigenvalue weighted by Gasteiger charge is -1.98. The number of hydrogen-bond acceptors (Lipinski definition) is 2. The first-order valence-electron chi connectivity index (χ1n) is 4.26. The van der Waals surface area contributed by atoms with Gasteiger partial charge in [0.2, 0.25) is 0 Å². The van der Waals surface area contributed by atoms with Crippen molar-refractivity contribution in [3.05, 3.63) is 34.6 Å². The molecule has 1 N–H and O–H groups in total. The molecule has 0 aliphatic rings. The zero-order valence-electron chi connectivity index (χ0n) is 7.78. The van der Waals surface area contributed by atoms with Gasteiger partial charge in [0.15, 0.2) is 5.69 Å². The van der Waals surface area contributed by atoms with E-state index >= 15 is 0 Å². The van der Waals surface area contributed by atoms with Gasteiger partial charge in [-0.3, -0.25) is 0 Å². The van der Waals surface area contributed by atoms with Crippen molar-refractivity contribution >= 4 is 35.2 Å². The van der Waals surface area contributed by atoms with Gasteiger partial charge in [-0.25, -0.2) is 9.78 Å². The molecule has 0 spiro atoms. The second-order valence-electron chi connectivity index (χ2n) is 2.78. The third-order valence-electron chi connectivity index (χ3n) is 1.65. The van der Waals surface area contributed by atoms with Crippen molar-refractivity contribution in [2.24, 2.45) is 0 Å². The Morgan fingerprint density at radius 1 is 1.60 bits per heavy atom. The molecule has 0 unspecified atom stereocenters. The lowest BCUT2D eigenvalue weighted by Crippen LogP contribution is -2.01. The zero-order chi connectivity index (χ0) is 11.3. The van der Waals surface area contributed by atoms with E-state index in [4.69, 9.17) is 28.3 Å². The Hall–Kier alpha value is -1.06. The van der Waals surface area contributed by atoms with Crippen molar-refractivity contribution in [2.45, 2.75) is 6.42 Å². The summed E-state index contributed by atoms with van der Waals surface area (Å²) in [6, 6.07) is 1.56. The summed E-state index contributed by atoms with van der Waals surface area (Å²) in [5.41, 5.74) is 0.626. The van der Waals surface area contributed by atoms with E-state index in [-0.39, 0.29) is 10.7 Å². The quantitative estimate of drug-likeness (QED) is 0.830. The number of aromatic carboxylic acids is 1. The summed E-state index contributed by atoms with van der Waals surface area (Å²) in [6.45, 7) is 0. The normalized spacial score (nSPS) is 10.8. The molecule has 0 aliphatic heterocycles. The van der Waals surface area contributed by atoms with Crippen LogP contribution in [0.1, 0.15) is 22.5 Å². The molecule has 1 aromatic rings. The van der Waals surface area contributed by atoms with Crippen LogP contribution < -0.4 is 0 Å². The fourth-order valence-electron chi connectivity index (χ4n) is 0.984. The Balaban J connectivity index is 2.87. The molecule has 1 aromatic heterocycles. The molecule has 0 aliphatic carbocycles. The molecule has 1 rings (SSSR count). The second-order valence-corrected chi connectivity index (χ2v) is 3.57. The van der Waals surface area contributed by atoms with Gasteiger partial charge >= 0.3 is 5.97 Å². The summed E-state index contributed by atoms with van der Waals surface area (Å²) in [7, 11) is 0. The van der Waals surface area contributed by atoms with Crippen molar-refractivity contribution in [3.63, 3.8) is 0 Å². The number of pyridine rings is 1. The molecule has 3 nitrogen and oxygen atoms in total. The number of hydrogen-bond donors (Lipinski definition) is 1. The Bertz CT molecular complexity index is 391. The van der Waals surface area contributed by atoms with Crippen LogP contribution in [0.3, 0.4) is 0 Å². The Morgan fingerprint density at radius 3 is 2.87 bits per heavy atom. The Kier molecular flexibility index (Phi) is 4.59. The first-order valence-corrected chi connectivity index (χ1v) is 5.17. The summed E-state index contributed by atoms with van der Waals surface area (Å²) in [4.78, 5) is 14.4. The van der Waals surface area contributed by atoms with Crippen LogP contribution in [0.2, 0.25) is 5.02 Å². The summed E-state index contributed by atoms with van der Waals surface area (Å²) < 4.78 is 0. The molecule has 80 valence electrons. The van der Waals surface area contributed by atoms with Crippen molar-refractivity contribution < 1.29 is 9.90 Å². The monoisotopic (exact) mass is 245 g/mol. The summed E-state index contributed by atoms with van der Waals surface area (Å²) in [6.07, 6.45) is 5.88. The topological polar surface area (TPSA) is 50.2 Å². The third kappa shape index (κ3) is 3.53. The van der Waals surface area contributed by atoms with Crippen LogP contribution >= 0.6 is 23.2 Å². The number of carboxylic acid groups (broad SMARTS) is 1. The van der Waals surface area contributed by atoms with E-state index in [1.807, 2.05) is 6.08 Å². The summed E-state index contributed by atoms with van der Waals surface area (Å²) in [5.74, 6) is -0.582. The third-order valence-corrected chi connectivity index (χ3v) is 2.16. The zero-order valence-corrected chi connectivity index (χ0v) is 9.29. The van der Waals surface area contributed by atoms with E-state index in [1.165, 1.54) is 6.20 Å². The molecule has 0 aromatic carbocycles. The van der Waals surface area contributed by atoms with Gasteiger partial charge in [0, 0.05) is 12.1 Å². The molecule has 0 fully saturated rings. The van der Waals surface area contributed by atoms with Crippen LogP contribution in [0.5, 0.6) is 0 Å². The predicted octanol–water partition coefficient (Wildman–Crippen LogP) is 3.08. The average Bonchev–Trinajstić information content (AvgIpc) is 2.17. The van der Waals surface area contributed by atoms with Crippen LogP contribution in [0.25, 0.3) is 6.08 Å². The predicted molar refractivity (Wildman–Crippen MR) is 60.6 cm³/mol. The highest BCUT2D eigenvalue weighted by Crippen LogP contribution is 2.16. The highest BCUT2D eigenvalue weighted by Gasteiger charge is 2.09. The van der Waals surface area contributed by atoms with Crippen LogP contribution in [0.15, 0.2) is 18.3 Å². The molecule has 15 heavy (non-hydrogen) atoms. The minimum Gasteiger partial charge on any atom is -0.476 e. The number of rotatable bonds is 4. The van der Waals surface area contributed by atoms with Gasteiger partial charge in [-0.15, -0.1) is 11.6 Å². The number of carboxylic acids is 1. The summed E-state index contributed by atoms with van der Waals surface area (Å²) in [5, 5.41) is 8.82. The second kappa shape index (κ2) is 5.73. The minimum atomic E-state index is -1.13. The largest absolute Gasteiger partial charge is 0.476 e. The molecule has 0 radical (unpaired) electrons. The number of allylic oxidation sites excluding steroid dienone is 1. The van der Waals surface area contributed by atoms with Gasteiger partial charge in [-0.05, 0) is 18.1 Å². The fourth-order valence-corrected chi connectivity index (χ4v) is 1.37. The number of aromatic nitrogens is 1. The van der Waals surface area contributed by atoms with Crippen molar-refractivity contribution in [3.8, 4) is 0 Å². The van der Waals surface area contributed by atoms with E-state index in [1.54, 1.807) is 12.1 Å². The first-order chi connectivity index (χ1) is 7.15. The van der Waals surface area contributed by atoms with Crippen LogP contribution in [0.4, 0.5) is 0 Å². The summed E-state index contributed by atoms with van der Waals surface area (Å²) >= 11 is 11.2. The van der Waals surface area contributed by atoms with Gasteiger partial charge in [-0.2, -0.15) is 0 Å². The lowest BCUT2D eigenvalue weighted by molar-refractivity contribution is 0.0690. The molecule has 0 amide bonds. The van der Waals surface area contributed by atoms with E-state index in [0.717, 1.165) is 12.0 Å². The van der Waals surface area contributed by atoms with Crippen LogP contribution in [-0.2, 0) is 0 Å². The molecule has 0 saturated heterocycles. The van der Waals surface area contributed by atoms with Crippen molar-refractivity contribution in [2.75, 3.05) is 5.88 Å². The SMILES string of the molecule is O=C(O)c1ncc(C=CCCCl)cc1Cl. The molecular weight excluding hydrogens is 237 g/mol. The van der Waals surface area contributed by atoms with E-state index in [9.17, 15) is 4.79 Å². The van der Waals surface area contributed by atoms with E-state index in [0.29, 0.717) is 5.88 Å². The molecule has 5 heteroatoms. The van der Waals surface area contributed by atoms with Gasteiger partial charge in [0.05, 0.1) is 5.02 Å². The standard InChI is InChI=1S/C10H9Cl2NO2/c11-4-2-1-3-7-5-8(12)9(10(14)15)13-6-7/h1,3,5-6H,2,4H2,(H,14,15). The van der Waals surface area contributed by atoms with Gasteiger partial charge in [0.1, 0.15) is 0 Å². The highest BCUT2D eigenvalue weighted by molar-refractivity contribution is 6.33. The lowest BCUT2D eigenvalue weighted by atomic mass is 10.2. The maximum atomic E-state index is 10.6. The van der Waals surface area contributed by atoms with E-state index < -0.39 is 5.97 Å². The van der Waals surface area contributed by atoms with E-state index in [2.05, 4.69) is 4.98 Å². The smallest absolute Gasteiger partial charge is 0.356 e. The Morgan fingerprint density at radius 2 is 2.33 bits per heavy atom. The highest BCUT2D eigenvalue weighted by atomic mass is 35.5. The number of nitrogens with zero attached hydrogens (tertiary/aromatic N) is 1. The molecule has 0 atom stereocenters. The van der Waals surface area contributed by atoms with Gasteiger partial charge in [0.25, 0.3) is 0 Å². The maximum absolute atomic E-state index is 10.6. The number of halogens is 2. The van der Waals surface area contributed by atoms with Gasteiger partial charge < -0.3 is 5.11 Å². The van der Waals surface area contributed by atoms with Gasteiger partial charge in [-0.1, -0.05) is 23.8 Å². The molecule has 0 saturated carbocycles. The minimum absolute atomic E-state index is 0.133.